The summed E-state index contributed by atoms with van der Waals surface area (Å²) < 4.78 is 0. The fourth-order valence-electron chi connectivity index (χ4n) is 1.70. The molecule has 0 unspecified atom stereocenters. The second kappa shape index (κ2) is 6.19. The molecule has 5 N–H and O–H groups in total. The minimum atomic E-state index is -0.610. The molecule has 0 radical (unpaired) electrons. The predicted octanol–water partition coefficient (Wildman–Crippen LogP) is 1.12. The van der Waals surface area contributed by atoms with Gasteiger partial charge in [0.1, 0.15) is 0 Å². The lowest BCUT2D eigenvalue weighted by molar-refractivity contribution is -0.115. The van der Waals surface area contributed by atoms with Gasteiger partial charge in [0, 0.05) is 11.4 Å². The van der Waals surface area contributed by atoms with Gasteiger partial charge in [-0.25, -0.2) is 4.79 Å². The molecule has 1 fully saturated rings. The van der Waals surface area contributed by atoms with E-state index >= 15 is 0 Å². The van der Waals surface area contributed by atoms with Gasteiger partial charge in [0.25, 0.3) is 0 Å². The number of rotatable bonds is 6. The van der Waals surface area contributed by atoms with Crippen LogP contribution in [0.3, 0.4) is 0 Å². The van der Waals surface area contributed by atoms with Gasteiger partial charge in [0.05, 0.1) is 6.54 Å². The largest absolute Gasteiger partial charge is 0.351 e. The summed E-state index contributed by atoms with van der Waals surface area (Å²) in [7, 11) is 0. The van der Waals surface area contributed by atoms with Crippen LogP contribution in [0.2, 0.25) is 0 Å². The predicted molar refractivity (Wildman–Crippen MR) is 73.9 cm³/mol. The van der Waals surface area contributed by atoms with Gasteiger partial charge < -0.3 is 21.7 Å². The molecule has 0 atom stereocenters. The van der Waals surface area contributed by atoms with E-state index in [1.807, 2.05) is 0 Å². The number of urea groups is 1. The molecule has 1 aliphatic rings. The van der Waals surface area contributed by atoms with Crippen molar-refractivity contribution >= 4 is 23.3 Å². The molecule has 1 aromatic carbocycles. The van der Waals surface area contributed by atoms with Gasteiger partial charge in [-0.1, -0.05) is 0 Å². The number of primary amides is 1. The number of hydrogen-bond acceptors (Lipinski definition) is 3. The van der Waals surface area contributed by atoms with Crippen LogP contribution in [0.1, 0.15) is 12.8 Å². The van der Waals surface area contributed by atoms with Crippen molar-refractivity contribution in [3.8, 4) is 0 Å². The Bertz CT molecular complexity index is 454. The summed E-state index contributed by atoms with van der Waals surface area (Å²) in [5.74, 6) is 0.684. The summed E-state index contributed by atoms with van der Waals surface area (Å²) in [5, 5.41) is 8.34. The van der Waals surface area contributed by atoms with Gasteiger partial charge >= 0.3 is 6.03 Å². The van der Waals surface area contributed by atoms with Crippen molar-refractivity contribution in [2.75, 3.05) is 23.7 Å². The van der Waals surface area contributed by atoms with Crippen molar-refractivity contribution in [2.45, 2.75) is 12.8 Å². The van der Waals surface area contributed by atoms with E-state index in [0.717, 1.165) is 12.5 Å². The molecule has 0 bridgehead atoms. The Morgan fingerprint density at radius 3 is 2.21 bits per heavy atom. The zero-order valence-corrected chi connectivity index (χ0v) is 10.6. The average Bonchev–Trinajstić information content (AvgIpc) is 3.15. The lowest BCUT2D eigenvalue weighted by Gasteiger charge is -2.07. The Hall–Kier alpha value is -2.08. The topological polar surface area (TPSA) is 96.2 Å². The van der Waals surface area contributed by atoms with Gasteiger partial charge in [0.2, 0.25) is 5.91 Å². The summed E-state index contributed by atoms with van der Waals surface area (Å²) in [5.41, 5.74) is 6.28. The quantitative estimate of drug-likeness (QED) is 0.618. The molecule has 19 heavy (non-hydrogen) atoms. The Kier molecular flexibility index (Phi) is 4.35. The van der Waals surface area contributed by atoms with E-state index in [4.69, 9.17) is 5.73 Å². The van der Waals surface area contributed by atoms with Crippen LogP contribution in [0.25, 0.3) is 0 Å². The fraction of sp³-hybridized carbons (Fsp3) is 0.385. The number of hydrogen-bond donors (Lipinski definition) is 4. The van der Waals surface area contributed by atoms with Crippen molar-refractivity contribution in [3.05, 3.63) is 24.3 Å². The second-order valence-electron chi connectivity index (χ2n) is 4.69. The maximum atomic E-state index is 11.6. The monoisotopic (exact) mass is 262 g/mol. The van der Waals surface area contributed by atoms with Gasteiger partial charge in [0.15, 0.2) is 0 Å². The Morgan fingerprint density at radius 1 is 1.11 bits per heavy atom. The Labute approximate surface area is 111 Å². The molecule has 6 nitrogen and oxygen atoms in total. The first-order chi connectivity index (χ1) is 9.13. The van der Waals surface area contributed by atoms with Crippen LogP contribution < -0.4 is 21.7 Å². The summed E-state index contributed by atoms with van der Waals surface area (Å²) in [6, 6.07) is 6.17. The van der Waals surface area contributed by atoms with Crippen LogP contribution in [0.15, 0.2) is 24.3 Å². The number of carbonyl (C=O) groups is 2. The van der Waals surface area contributed by atoms with Crippen molar-refractivity contribution < 1.29 is 9.59 Å². The second-order valence-corrected chi connectivity index (χ2v) is 4.69. The maximum Gasteiger partial charge on any atom is 0.316 e. The third kappa shape index (κ3) is 4.97. The highest BCUT2D eigenvalue weighted by atomic mass is 16.2. The van der Waals surface area contributed by atoms with Gasteiger partial charge in [-0.05, 0) is 49.6 Å². The molecule has 6 heteroatoms. The molecule has 3 amide bonds. The van der Waals surface area contributed by atoms with E-state index < -0.39 is 6.03 Å². The number of nitrogens with one attached hydrogen (secondary N) is 3. The zero-order chi connectivity index (χ0) is 13.7. The average molecular weight is 262 g/mol. The van der Waals surface area contributed by atoms with Crippen molar-refractivity contribution in [1.82, 2.24) is 5.32 Å². The SMILES string of the molecule is NC(=O)Nc1ccc(NC(=O)CNCC2CC2)cc1. The molecular weight excluding hydrogens is 244 g/mol. The number of amides is 3. The molecule has 1 aromatic rings. The fourth-order valence-corrected chi connectivity index (χ4v) is 1.70. The van der Waals surface area contributed by atoms with Crippen molar-refractivity contribution in [1.29, 1.82) is 0 Å². The van der Waals surface area contributed by atoms with Crippen LogP contribution >= 0.6 is 0 Å². The number of carbonyl (C=O) groups excluding carboxylic acids is 2. The van der Waals surface area contributed by atoms with E-state index in [-0.39, 0.29) is 5.91 Å². The van der Waals surface area contributed by atoms with Gasteiger partial charge in [-0.2, -0.15) is 0 Å². The third-order valence-corrected chi connectivity index (χ3v) is 2.85. The van der Waals surface area contributed by atoms with E-state index in [1.165, 1.54) is 12.8 Å². The normalized spacial score (nSPS) is 13.9. The molecule has 1 saturated carbocycles. The Balaban J connectivity index is 1.74. The molecule has 0 aliphatic heterocycles. The third-order valence-electron chi connectivity index (χ3n) is 2.85. The van der Waals surface area contributed by atoms with Crippen LogP contribution in [-0.4, -0.2) is 25.0 Å². The van der Waals surface area contributed by atoms with Crippen LogP contribution in [-0.2, 0) is 4.79 Å². The molecule has 2 rings (SSSR count). The van der Waals surface area contributed by atoms with Crippen LogP contribution in [0, 0.1) is 5.92 Å². The van der Waals surface area contributed by atoms with Crippen molar-refractivity contribution in [3.63, 3.8) is 0 Å². The molecule has 0 spiro atoms. The molecule has 0 heterocycles. The maximum absolute atomic E-state index is 11.6. The summed E-state index contributed by atoms with van der Waals surface area (Å²) in [6.45, 7) is 1.23. The minimum absolute atomic E-state index is 0.0729. The lowest BCUT2D eigenvalue weighted by Crippen LogP contribution is -2.29. The summed E-state index contributed by atoms with van der Waals surface area (Å²) in [4.78, 5) is 22.3. The highest BCUT2D eigenvalue weighted by Crippen LogP contribution is 2.27. The van der Waals surface area contributed by atoms with E-state index in [2.05, 4.69) is 16.0 Å². The molecular formula is C13H18N4O2. The summed E-state index contributed by atoms with van der Waals surface area (Å²) >= 11 is 0. The first-order valence-corrected chi connectivity index (χ1v) is 6.30. The van der Waals surface area contributed by atoms with Gasteiger partial charge in [-0.3, -0.25) is 4.79 Å². The van der Waals surface area contributed by atoms with Crippen LogP contribution in [0.5, 0.6) is 0 Å². The number of nitrogens with two attached hydrogens (primary N) is 1. The standard InChI is InChI=1S/C13H18N4O2/c14-13(19)17-11-5-3-10(4-6-11)16-12(18)8-15-7-9-1-2-9/h3-6,9,15H,1-2,7-8H2,(H,16,18)(H3,14,17,19). The highest BCUT2D eigenvalue weighted by molar-refractivity contribution is 5.93. The van der Waals surface area contributed by atoms with E-state index in [0.29, 0.717) is 17.9 Å². The number of benzene rings is 1. The smallest absolute Gasteiger partial charge is 0.316 e. The van der Waals surface area contributed by atoms with Crippen LogP contribution in [0.4, 0.5) is 16.2 Å². The highest BCUT2D eigenvalue weighted by Gasteiger charge is 2.20. The zero-order valence-electron chi connectivity index (χ0n) is 10.6. The lowest BCUT2D eigenvalue weighted by atomic mass is 10.3. The van der Waals surface area contributed by atoms with Gasteiger partial charge in [-0.15, -0.1) is 0 Å². The molecule has 102 valence electrons. The first-order valence-electron chi connectivity index (χ1n) is 6.30. The van der Waals surface area contributed by atoms with Crippen molar-refractivity contribution in [2.24, 2.45) is 11.7 Å². The Morgan fingerprint density at radius 2 is 1.68 bits per heavy atom. The van der Waals surface area contributed by atoms with E-state index in [9.17, 15) is 9.59 Å². The minimum Gasteiger partial charge on any atom is -0.351 e. The molecule has 1 aliphatic carbocycles. The number of anilines is 2. The molecule has 0 aromatic heterocycles. The first kappa shape index (κ1) is 13.4. The molecule has 0 saturated heterocycles. The summed E-state index contributed by atoms with van der Waals surface area (Å²) in [6.07, 6.45) is 2.53. The van der Waals surface area contributed by atoms with E-state index in [1.54, 1.807) is 24.3 Å².